The fourth-order valence-corrected chi connectivity index (χ4v) is 11.6. The number of aliphatic hydroxyl groups excluding tert-OH is 1. The van der Waals surface area contributed by atoms with Crippen molar-refractivity contribution >= 4 is 11.5 Å². The molecule has 4 fully saturated rings. The number of fused-ring (bicyclic) bond motifs is 7. The minimum Gasteiger partial charge on any atom is -0.478 e. The summed E-state index contributed by atoms with van der Waals surface area (Å²) in [6.07, 6.45) is 15.6. The summed E-state index contributed by atoms with van der Waals surface area (Å²) in [4.78, 5) is 11.4. The number of hydrogen-bond acceptors (Lipinski definition) is 3. The predicted molar refractivity (Wildman–Crippen MR) is 153 cm³/mol. The van der Waals surface area contributed by atoms with E-state index in [-0.39, 0.29) is 12.1 Å². The highest BCUT2D eigenvalue weighted by Crippen LogP contribution is 2.75. The molecule has 9 atom stereocenters. The van der Waals surface area contributed by atoms with Crippen molar-refractivity contribution in [2.75, 3.05) is 13.2 Å². The second-order valence-electron chi connectivity index (χ2n) is 14.6. The topological polar surface area (TPSA) is 69.6 Å². The van der Waals surface area contributed by atoms with Gasteiger partial charge in [0.15, 0.2) is 0 Å². The zero-order valence-electron chi connectivity index (χ0n) is 24.1. The summed E-state index contributed by atoms with van der Waals surface area (Å²) in [5.74, 6) is 2.64. The van der Waals surface area contributed by atoms with Crippen LogP contribution in [-0.4, -0.2) is 34.9 Å². The Labute approximate surface area is 229 Å². The molecule has 0 aliphatic heterocycles. The van der Waals surface area contributed by atoms with Gasteiger partial charge in [-0.25, -0.2) is 4.79 Å². The van der Waals surface area contributed by atoms with Crippen molar-refractivity contribution in [3.63, 3.8) is 0 Å². The van der Waals surface area contributed by atoms with E-state index in [9.17, 15) is 15.0 Å². The Hall–Kier alpha value is -1.65. The van der Waals surface area contributed by atoms with Crippen LogP contribution in [0.15, 0.2) is 30.3 Å². The molecule has 0 saturated heterocycles. The second-order valence-corrected chi connectivity index (χ2v) is 14.6. The molecule has 38 heavy (non-hydrogen) atoms. The molecule has 5 aliphatic rings. The maximum atomic E-state index is 11.4. The largest absolute Gasteiger partial charge is 0.478 e. The molecule has 0 aromatic heterocycles. The second kappa shape index (κ2) is 9.20. The van der Waals surface area contributed by atoms with E-state index in [1.54, 1.807) is 12.1 Å². The molecule has 3 N–H and O–H groups in total. The lowest BCUT2D eigenvalue weighted by atomic mass is 9.34. The lowest BCUT2D eigenvalue weighted by Gasteiger charge is -2.71. The number of benzene rings is 1. The molecule has 1 aromatic carbocycles. The zero-order valence-corrected chi connectivity index (χ0v) is 24.1. The van der Waals surface area contributed by atoms with E-state index >= 15 is 0 Å². The van der Waals surface area contributed by atoms with Crippen LogP contribution in [0.2, 0.25) is 0 Å². The van der Waals surface area contributed by atoms with Crippen molar-refractivity contribution in [3.8, 4) is 0 Å². The van der Waals surface area contributed by atoms with Gasteiger partial charge >= 0.3 is 5.97 Å². The summed E-state index contributed by atoms with van der Waals surface area (Å²) in [5.41, 5.74) is 4.36. The number of aliphatic hydroxyl groups is 1. The molecule has 4 heteroatoms. The van der Waals surface area contributed by atoms with E-state index in [0.29, 0.717) is 33.6 Å². The van der Waals surface area contributed by atoms with Gasteiger partial charge in [-0.15, -0.1) is 0 Å². The third-order valence-corrected chi connectivity index (χ3v) is 13.6. The molecule has 0 spiro atoms. The Kier molecular flexibility index (Phi) is 6.43. The first-order valence-corrected chi connectivity index (χ1v) is 15.5. The van der Waals surface area contributed by atoms with Crippen LogP contribution < -0.4 is 5.32 Å². The molecule has 5 aliphatic carbocycles. The number of carboxylic acid groups (broad SMARTS) is 1. The van der Waals surface area contributed by atoms with Crippen LogP contribution in [0.3, 0.4) is 0 Å². The number of allylic oxidation sites excluding steroid dienone is 2. The van der Waals surface area contributed by atoms with Gasteiger partial charge in [-0.05, 0) is 127 Å². The first kappa shape index (κ1) is 26.6. The SMILES string of the molecule is CC1C(c2ccc(C(=O)O)cc2)=CCC2(C)C1CCC1(C)C2CCC2C3CCCC3(NCCO)CC[C@]21C. The van der Waals surface area contributed by atoms with E-state index in [0.717, 1.165) is 30.7 Å². The highest BCUT2D eigenvalue weighted by molar-refractivity contribution is 5.88. The minimum absolute atomic E-state index is 0.243. The summed E-state index contributed by atoms with van der Waals surface area (Å²) >= 11 is 0. The Morgan fingerprint density at radius 2 is 1.68 bits per heavy atom. The van der Waals surface area contributed by atoms with Gasteiger partial charge in [-0.2, -0.15) is 0 Å². The summed E-state index contributed by atoms with van der Waals surface area (Å²) in [6.45, 7) is 11.4. The van der Waals surface area contributed by atoms with Crippen LogP contribution in [0.4, 0.5) is 0 Å². The molecular formula is C34H49NO3. The normalized spacial score (nSPS) is 45.8. The number of carboxylic acids is 1. The molecule has 0 radical (unpaired) electrons. The average molecular weight is 520 g/mol. The minimum atomic E-state index is -0.854. The Balaban J connectivity index is 1.30. The Morgan fingerprint density at radius 3 is 2.39 bits per heavy atom. The number of hydrogen-bond donors (Lipinski definition) is 3. The van der Waals surface area contributed by atoms with Crippen LogP contribution in [-0.2, 0) is 0 Å². The van der Waals surface area contributed by atoms with Crippen molar-refractivity contribution in [3.05, 3.63) is 41.5 Å². The monoisotopic (exact) mass is 519 g/mol. The fourth-order valence-electron chi connectivity index (χ4n) is 11.6. The summed E-state index contributed by atoms with van der Waals surface area (Å²) in [6, 6.07) is 7.57. The van der Waals surface area contributed by atoms with Crippen molar-refractivity contribution in [2.24, 2.45) is 45.8 Å². The van der Waals surface area contributed by atoms with Crippen molar-refractivity contribution in [2.45, 2.75) is 97.4 Å². The highest BCUT2D eigenvalue weighted by Gasteiger charge is 2.68. The molecule has 0 heterocycles. The zero-order chi connectivity index (χ0) is 26.9. The number of rotatable bonds is 5. The van der Waals surface area contributed by atoms with Crippen LogP contribution in [0, 0.1) is 45.8 Å². The Bertz CT molecular complexity index is 1110. The van der Waals surface area contributed by atoms with E-state index < -0.39 is 5.97 Å². The average Bonchev–Trinajstić information content (AvgIpc) is 3.32. The van der Waals surface area contributed by atoms with Crippen LogP contribution >= 0.6 is 0 Å². The molecule has 1 aromatic rings. The number of aromatic carboxylic acids is 1. The predicted octanol–water partition coefficient (Wildman–Crippen LogP) is 7.18. The van der Waals surface area contributed by atoms with Gasteiger partial charge < -0.3 is 15.5 Å². The maximum Gasteiger partial charge on any atom is 0.335 e. The lowest BCUT2D eigenvalue weighted by molar-refractivity contribution is -0.211. The smallest absolute Gasteiger partial charge is 0.335 e. The van der Waals surface area contributed by atoms with E-state index in [4.69, 9.17) is 0 Å². The molecule has 208 valence electrons. The van der Waals surface area contributed by atoms with Crippen molar-refractivity contribution in [1.29, 1.82) is 0 Å². The quantitative estimate of drug-likeness (QED) is 0.385. The first-order valence-electron chi connectivity index (χ1n) is 15.5. The Morgan fingerprint density at radius 1 is 0.921 bits per heavy atom. The van der Waals surface area contributed by atoms with E-state index in [1.165, 1.54) is 68.9 Å². The van der Waals surface area contributed by atoms with Crippen LogP contribution in [0.5, 0.6) is 0 Å². The van der Waals surface area contributed by atoms with Crippen LogP contribution in [0.25, 0.3) is 5.57 Å². The number of β-amino-alcohol motifs (C(OH)–C–C–N with tert-alkyl or cyclic N) is 1. The van der Waals surface area contributed by atoms with Crippen molar-refractivity contribution in [1.82, 2.24) is 5.32 Å². The molecule has 4 saturated carbocycles. The number of nitrogens with one attached hydrogen (secondary N) is 1. The number of carbonyl (C=O) groups is 1. The van der Waals surface area contributed by atoms with Crippen molar-refractivity contribution < 1.29 is 15.0 Å². The van der Waals surface area contributed by atoms with Gasteiger partial charge in [0.05, 0.1) is 12.2 Å². The maximum absolute atomic E-state index is 11.4. The molecule has 0 bridgehead atoms. The third kappa shape index (κ3) is 3.58. The fraction of sp³-hybridized carbons (Fsp3) is 0.735. The van der Waals surface area contributed by atoms with Gasteiger partial charge in [0.2, 0.25) is 0 Å². The van der Waals surface area contributed by atoms with Gasteiger partial charge in [-0.1, -0.05) is 52.3 Å². The van der Waals surface area contributed by atoms with Gasteiger partial charge in [0.25, 0.3) is 0 Å². The molecule has 0 amide bonds. The molecule has 6 rings (SSSR count). The summed E-state index contributed by atoms with van der Waals surface area (Å²) in [5, 5.41) is 22.8. The van der Waals surface area contributed by atoms with Gasteiger partial charge in [0, 0.05) is 12.1 Å². The first-order chi connectivity index (χ1) is 18.1. The standard InChI is InChI=1S/C34H49NO3/c1-22-25(23-7-9-24(10-8-23)30(37)38)13-16-31(2)26(22)14-17-33(4)29(31)12-11-27-28-6-5-15-34(28,35-20-21-36)19-18-32(27,33)3/h7-10,13,22,26-29,35-36H,5-6,11-12,14-21H2,1-4H3,(H,37,38)/t22?,26?,27?,28?,29?,31?,32-,33?,34?/m1/s1. The summed E-state index contributed by atoms with van der Waals surface area (Å²) < 4.78 is 0. The van der Waals surface area contributed by atoms with Crippen LogP contribution in [0.1, 0.15) is 108 Å². The molecule has 8 unspecified atom stereocenters. The third-order valence-electron chi connectivity index (χ3n) is 13.6. The van der Waals surface area contributed by atoms with E-state index in [2.05, 4.69) is 39.1 Å². The molecule has 4 nitrogen and oxygen atoms in total. The molecular weight excluding hydrogens is 470 g/mol. The van der Waals surface area contributed by atoms with E-state index in [1.807, 2.05) is 12.1 Å². The highest BCUT2D eigenvalue weighted by atomic mass is 16.4. The van der Waals surface area contributed by atoms with Gasteiger partial charge in [-0.3, -0.25) is 0 Å². The summed E-state index contributed by atoms with van der Waals surface area (Å²) in [7, 11) is 0. The van der Waals surface area contributed by atoms with Gasteiger partial charge in [0.1, 0.15) is 0 Å². The lowest BCUT2D eigenvalue weighted by Crippen LogP contribution is -2.67.